The van der Waals surface area contributed by atoms with Crippen LogP contribution in [0.3, 0.4) is 0 Å². The van der Waals surface area contributed by atoms with Gasteiger partial charge in [0.05, 0.1) is 18.8 Å². The van der Waals surface area contributed by atoms with Crippen LogP contribution in [0.5, 0.6) is 0 Å². The van der Waals surface area contributed by atoms with Gasteiger partial charge in [0.25, 0.3) is 0 Å². The Balaban J connectivity index is 1.88. The van der Waals surface area contributed by atoms with Crippen molar-refractivity contribution < 1.29 is 9.84 Å². The summed E-state index contributed by atoms with van der Waals surface area (Å²) < 4.78 is 5.40. The lowest BCUT2D eigenvalue weighted by Crippen LogP contribution is -2.54. The van der Waals surface area contributed by atoms with E-state index < -0.39 is 5.60 Å². The van der Waals surface area contributed by atoms with Crippen LogP contribution < -0.4 is 5.32 Å². The average molecular weight is 214 g/mol. The molecule has 0 radical (unpaired) electrons. The molecular formula is C11H22N2O2. The fourth-order valence-electron chi connectivity index (χ4n) is 2.42. The first-order valence-electron chi connectivity index (χ1n) is 5.94. The molecule has 0 spiro atoms. The molecule has 0 aliphatic carbocycles. The summed E-state index contributed by atoms with van der Waals surface area (Å²) in [7, 11) is 0. The molecule has 4 nitrogen and oxygen atoms in total. The average Bonchev–Trinajstić information content (AvgIpc) is 2.22. The van der Waals surface area contributed by atoms with Gasteiger partial charge in [0.1, 0.15) is 0 Å². The monoisotopic (exact) mass is 214 g/mol. The minimum Gasteiger partial charge on any atom is -0.388 e. The molecule has 0 bridgehead atoms. The molecule has 0 aromatic carbocycles. The van der Waals surface area contributed by atoms with E-state index in [1.165, 1.54) is 0 Å². The Morgan fingerprint density at radius 2 is 2.20 bits per heavy atom. The predicted octanol–water partition coefficient (Wildman–Crippen LogP) is -0.178. The third-order valence-electron chi connectivity index (χ3n) is 3.54. The zero-order valence-corrected chi connectivity index (χ0v) is 9.54. The van der Waals surface area contributed by atoms with E-state index in [0.29, 0.717) is 6.04 Å². The Kier molecular flexibility index (Phi) is 3.61. The van der Waals surface area contributed by atoms with Gasteiger partial charge in [-0.1, -0.05) is 0 Å². The number of morpholine rings is 1. The Labute approximate surface area is 91.6 Å². The standard InChI is InChI=1S/C11H22N2O2/c1-10-8-15-7-6-13(10)9-11(14)2-4-12-5-3-11/h10,12,14H,2-9H2,1H3. The molecule has 2 N–H and O–H groups in total. The first kappa shape index (κ1) is 11.3. The number of piperidine rings is 1. The van der Waals surface area contributed by atoms with Gasteiger partial charge in [-0.25, -0.2) is 0 Å². The highest BCUT2D eigenvalue weighted by molar-refractivity contribution is 4.89. The summed E-state index contributed by atoms with van der Waals surface area (Å²) >= 11 is 0. The van der Waals surface area contributed by atoms with Crippen LogP contribution in [-0.2, 0) is 4.74 Å². The second-order valence-corrected chi connectivity index (χ2v) is 4.87. The van der Waals surface area contributed by atoms with Crippen LogP contribution in [0.4, 0.5) is 0 Å². The molecule has 2 aliphatic rings. The SMILES string of the molecule is CC1COCCN1CC1(O)CCNCC1. The van der Waals surface area contributed by atoms with Gasteiger partial charge in [-0.2, -0.15) is 0 Å². The largest absolute Gasteiger partial charge is 0.388 e. The minimum absolute atomic E-state index is 0.442. The van der Waals surface area contributed by atoms with Crippen molar-refractivity contribution >= 4 is 0 Å². The maximum Gasteiger partial charge on any atom is 0.0798 e. The van der Waals surface area contributed by atoms with Gasteiger partial charge < -0.3 is 15.2 Å². The molecule has 0 aromatic heterocycles. The molecule has 0 amide bonds. The zero-order valence-electron chi connectivity index (χ0n) is 9.54. The number of ether oxygens (including phenoxy) is 1. The summed E-state index contributed by atoms with van der Waals surface area (Å²) in [6.07, 6.45) is 1.74. The lowest BCUT2D eigenvalue weighted by Gasteiger charge is -2.41. The number of nitrogens with one attached hydrogen (secondary N) is 1. The van der Waals surface area contributed by atoms with Crippen LogP contribution >= 0.6 is 0 Å². The van der Waals surface area contributed by atoms with Crippen molar-refractivity contribution in [1.29, 1.82) is 0 Å². The summed E-state index contributed by atoms with van der Waals surface area (Å²) in [4.78, 5) is 2.36. The normalized spacial score (nSPS) is 32.8. The molecule has 1 unspecified atom stereocenters. The lowest BCUT2D eigenvalue weighted by molar-refractivity contribution is -0.0668. The van der Waals surface area contributed by atoms with E-state index >= 15 is 0 Å². The summed E-state index contributed by atoms with van der Waals surface area (Å²) in [5, 5.41) is 13.7. The maximum atomic E-state index is 10.4. The molecule has 88 valence electrons. The Hall–Kier alpha value is -0.160. The van der Waals surface area contributed by atoms with Gasteiger partial charge in [-0.15, -0.1) is 0 Å². The second kappa shape index (κ2) is 4.78. The predicted molar refractivity (Wildman–Crippen MR) is 58.9 cm³/mol. The Morgan fingerprint density at radius 1 is 1.47 bits per heavy atom. The molecule has 0 saturated carbocycles. The first-order valence-corrected chi connectivity index (χ1v) is 5.94. The number of hydrogen-bond donors (Lipinski definition) is 2. The molecule has 2 fully saturated rings. The summed E-state index contributed by atoms with van der Waals surface area (Å²) in [5.41, 5.74) is -0.475. The van der Waals surface area contributed by atoms with Crippen molar-refractivity contribution in [3.63, 3.8) is 0 Å². The van der Waals surface area contributed by atoms with Gasteiger partial charge in [0.15, 0.2) is 0 Å². The van der Waals surface area contributed by atoms with Gasteiger partial charge in [-0.05, 0) is 32.9 Å². The quantitative estimate of drug-likeness (QED) is 0.669. The smallest absolute Gasteiger partial charge is 0.0798 e. The Bertz CT molecular complexity index is 205. The van der Waals surface area contributed by atoms with Gasteiger partial charge >= 0.3 is 0 Å². The highest BCUT2D eigenvalue weighted by Gasteiger charge is 2.33. The third-order valence-corrected chi connectivity index (χ3v) is 3.54. The molecule has 1 atom stereocenters. The van der Waals surface area contributed by atoms with Gasteiger partial charge in [0, 0.05) is 19.1 Å². The van der Waals surface area contributed by atoms with E-state index in [9.17, 15) is 5.11 Å². The van der Waals surface area contributed by atoms with Gasteiger partial charge in [0.2, 0.25) is 0 Å². The molecule has 2 saturated heterocycles. The topological polar surface area (TPSA) is 44.7 Å². The lowest BCUT2D eigenvalue weighted by atomic mass is 9.91. The molecule has 2 rings (SSSR count). The zero-order chi connectivity index (χ0) is 10.7. The minimum atomic E-state index is -0.475. The number of nitrogens with zero attached hydrogens (tertiary/aromatic N) is 1. The highest BCUT2D eigenvalue weighted by Crippen LogP contribution is 2.21. The van der Waals surface area contributed by atoms with Crippen LogP contribution in [-0.4, -0.2) is 61.0 Å². The number of rotatable bonds is 2. The fraction of sp³-hybridized carbons (Fsp3) is 1.00. The van der Waals surface area contributed by atoms with E-state index in [-0.39, 0.29) is 0 Å². The maximum absolute atomic E-state index is 10.4. The van der Waals surface area contributed by atoms with Crippen molar-refractivity contribution in [2.75, 3.05) is 39.4 Å². The summed E-state index contributed by atoms with van der Waals surface area (Å²) in [5.74, 6) is 0. The van der Waals surface area contributed by atoms with Crippen LogP contribution in [0.1, 0.15) is 19.8 Å². The van der Waals surface area contributed by atoms with Crippen LogP contribution in [0.25, 0.3) is 0 Å². The summed E-state index contributed by atoms with van der Waals surface area (Å²) in [6, 6.07) is 0.442. The molecule has 2 heterocycles. The molecule has 15 heavy (non-hydrogen) atoms. The van der Waals surface area contributed by atoms with E-state index in [4.69, 9.17) is 4.74 Å². The van der Waals surface area contributed by atoms with Crippen molar-refractivity contribution in [2.24, 2.45) is 0 Å². The number of hydrogen-bond acceptors (Lipinski definition) is 4. The molecular weight excluding hydrogens is 192 g/mol. The van der Waals surface area contributed by atoms with Crippen molar-refractivity contribution in [3.05, 3.63) is 0 Å². The van der Waals surface area contributed by atoms with Crippen LogP contribution in [0, 0.1) is 0 Å². The molecule has 2 aliphatic heterocycles. The third kappa shape index (κ3) is 2.91. The highest BCUT2D eigenvalue weighted by atomic mass is 16.5. The molecule has 4 heteroatoms. The second-order valence-electron chi connectivity index (χ2n) is 4.87. The number of β-amino-alcohol motifs (C(OH)–C–C–N with tert-alkyl or cyclic N) is 1. The van der Waals surface area contributed by atoms with E-state index in [0.717, 1.165) is 52.2 Å². The van der Waals surface area contributed by atoms with E-state index in [1.807, 2.05) is 0 Å². The first-order chi connectivity index (χ1) is 7.20. The van der Waals surface area contributed by atoms with Crippen molar-refractivity contribution in [1.82, 2.24) is 10.2 Å². The van der Waals surface area contributed by atoms with Crippen LogP contribution in [0.2, 0.25) is 0 Å². The number of aliphatic hydroxyl groups is 1. The van der Waals surface area contributed by atoms with Crippen LogP contribution in [0.15, 0.2) is 0 Å². The van der Waals surface area contributed by atoms with Gasteiger partial charge in [-0.3, -0.25) is 4.90 Å². The Morgan fingerprint density at radius 3 is 2.87 bits per heavy atom. The van der Waals surface area contributed by atoms with Crippen molar-refractivity contribution in [3.8, 4) is 0 Å². The van der Waals surface area contributed by atoms with Crippen molar-refractivity contribution in [2.45, 2.75) is 31.4 Å². The summed E-state index contributed by atoms with van der Waals surface area (Å²) in [6.45, 7) is 7.41. The van der Waals surface area contributed by atoms with E-state index in [2.05, 4.69) is 17.1 Å². The fourth-order valence-corrected chi connectivity index (χ4v) is 2.42. The molecule has 0 aromatic rings. The van der Waals surface area contributed by atoms with E-state index in [1.54, 1.807) is 0 Å².